The first kappa shape index (κ1) is 14.4. The average Bonchev–Trinajstić information content (AvgIpc) is 2.33. The number of anilines is 1. The Kier molecular flexibility index (Phi) is 7.79. The Morgan fingerprint density at radius 1 is 1.50 bits per heavy atom. The molecule has 5 heteroatoms. The van der Waals surface area contributed by atoms with E-state index in [4.69, 9.17) is 10.5 Å². The van der Waals surface area contributed by atoms with Gasteiger partial charge in [-0.3, -0.25) is 4.79 Å². The highest BCUT2D eigenvalue weighted by Gasteiger charge is 2.03. The molecule has 1 heterocycles. The third-order valence-corrected chi connectivity index (χ3v) is 1.64. The second-order valence-corrected chi connectivity index (χ2v) is 2.72. The smallest absolute Gasteiger partial charge is 0.252 e. The number of amides is 1. The number of hydrogen-bond acceptors (Lipinski definition) is 4. The molecule has 1 aromatic heterocycles. The van der Waals surface area contributed by atoms with Gasteiger partial charge in [-0.2, -0.15) is 0 Å². The molecular weight excluding hydrogens is 206 g/mol. The molecule has 0 spiro atoms. The van der Waals surface area contributed by atoms with Crippen LogP contribution in [0.15, 0.2) is 18.3 Å². The van der Waals surface area contributed by atoms with E-state index in [0.29, 0.717) is 24.5 Å². The molecule has 1 aromatic rings. The predicted octanol–water partition coefficient (Wildman–Crippen LogP) is 1.07. The summed E-state index contributed by atoms with van der Waals surface area (Å²) in [5, 5.41) is 2.67. The van der Waals surface area contributed by atoms with Gasteiger partial charge < -0.3 is 15.8 Å². The summed E-state index contributed by atoms with van der Waals surface area (Å²) < 4.78 is 4.80. The van der Waals surface area contributed by atoms with E-state index in [-0.39, 0.29) is 5.91 Å². The van der Waals surface area contributed by atoms with Crippen LogP contribution in [0.3, 0.4) is 0 Å². The number of methoxy groups -OCH3 is 1. The zero-order valence-corrected chi connectivity index (χ0v) is 9.99. The number of ether oxygens (including phenoxy) is 1. The number of nitrogen functional groups attached to an aromatic ring is 1. The van der Waals surface area contributed by atoms with Crippen LogP contribution in [0.2, 0.25) is 0 Å². The number of pyridine rings is 1. The molecule has 5 nitrogen and oxygen atoms in total. The molecule has 0 atom stereocenters. The molecule has 3 N–H and O–H groups in total. The van der Waals surface area contributed by atoms with Crippen LogP contribution in [0.5, 0.6) is 0 Å². The average molecular weight is 225 g/mol. The van der Waals surface area contributed by atoms with Crippen molar-refractivity contribution in [2.45, 2.75) is 13.8 Å². The molecule has 0 saturated heterocycles. The largest absolute Gasteiger partial charge is 0.384 e. The zero-order chi connectivity index (χ0) is 12.4. The maximum atomic E-state index is 11.4. The predicted molar refractivity (Wildman–Crippen MR) is 64.2 cm³/mol. The van der Waals surface area contributed by atoms with Crippen molar-refractivity contribution in [3.63, 3.8) is 0 Å². The minimum Gasteiger partial charge on any atom is -0.384 e. The van der Waals surface area contributed by atoms with Crippen molar-refractivity contribution in [3.05, 3.63) is 23.9 Å². The van der Waals surface area contributed by atoms with Crippen LogP contribution in [0.4, 0.5) is 5.82 Å². The minimum atomic E-state index is -0.172. The van der Waals surface area contributed by atoms with Gasteiger partial charge in [0.05, 0.1) is 12.2 Å². The summed E-state index contributed by atoms with van der Waals surface area (Å²) in [7, 11) is 1.58. The lowest BCUT2D eigenvalue weighted by Gasteiger charge is -2.03. The molecule has 0 bridgehead atoms. The topological polar surface area (TPSA) is 77.2 Å². The molecule has 0 saturated carbocycles. The van der Waals surface area contributed by atoms with E-state index in [9.17, 15) is 4.79 Å². The number of hydrogen-bond donors (Lipinski definition) is 2. The molecule has 0 aliphatic rings. The second kappa shape index (κ2) is 8.67. The van der Waals surface area contributed by atoms with Gasteiger partial charge in [-0.1, -0.05) is 13.8 Å². The molecular formula is C11H19N3O2. The first-order valence-corrected chi connectivity index (χ1v) is 5.22. The molecule has 0 aliphatic carbocycles. The third-order valence-electron chi connectivity index (χ3n) is 1.64. The van der Waals surface area contributed by atoms with Gasteiger partial charge in [-0.05, 0) is 12.1 Å². The number of carbonyl (C=O) groups is 1. The summed E-state index contributed by atoms with van der Waals surface area (Å²) >= 11 is 0. The lowest BCUT2D eigenvalue weighted by atomic mass is 10.2. The van der Waals surface area contributed by atoms with Gasteiger partial charge in [-0.15, -0.1) is 0 Å². The molecule has 0 radical (unpaired) electrons. The highest BCUT2D eigenvalue weighted by atomic mass is 16.5. The van der Waals surface area contributed by atoms with Crippen molar-refractivity contribution in [2.75, 3.05) is 26.0 Å². The van der Waals surface area contributed by atoms with E-state index in [0.717, 1.165) is 0 Å². The Morgan fingerprint density at radius 3 is 2.69 bits per heavy atom. The van der Waals surface area contributed by atoms with E-state index < -0.39 is 0 Å². The number of rotatable bonds is 4. The Bertz CT molecular complexity index is 299. The Morgan fingerprint density at radius 2 is 2.19 bits per heavy atom. The van der Waals surface area contributed by atoms with Crippen LogP contribution < -0.4 is 11.1 Å². The van der Waals surface area contributed by atoms with E-state index in [1.807, 2.05) is 13.8 Å². The highest BCUT2D eigenvalue weighted by Crippen LogP contribution is 2.00. The Hall–Kier alpha value is -1.62. The van der Waals surface area contributed by atoms with Gasteiger partial charge in [0.15, 0.2) is 0 Å². The van der Waals surface area contributed by atoms with E-state index in [1.165, 1.54) is 6.20 Å². The molecule has 0 aromatic carbocycles. The van der Waals surface area contributed by atoms with Crippen molar-refractivity contribution in [3.8, 4) is 0 Å². The second-order valence-electron chi connectivity index (χ2n) is 2.72. The maximum Gasteiger partial charge on any atom is 0.252 e. The number of nitrogens with two attached hydrogens (primary N) is 1. The van der Waals surface area contributed by atoms with Gasteiger partial charge in [-0.25, -0.2) is 4.98 Å². The van der Waals surface area contributed by atoms with Gasteiger partial charge in [0, 0.05) is 19.9 Å². The van der Waals surface area contributed by atoms with Crippen molar-refractivity contribution in [1.29, 1.82) is 0 Å². The highest BCUT2D eigenvalue weighted by molar-refractivity contribution is 5.93. The van der Waals surface area contributed by atoms with Crippen LogP contribution in [0.1, 0.15) is 24.2 Å². The molecule has 0 aliphatic heterocycles. The number of nitrogens with one attached hydrogen (secondary N) is 1. The summed E-state index contributed by atoms with van der Waals surface area (Å²) in [6, 6.07) is 3.22. The third kappa shape index (κ3) is 5.31. The minimum absolute atomic E-state index is 0.172. The number of nitrogens with zero attached hydrogens (tertiary/aromatic N) is 1. The standard InChI is InChI=1S/C9H13N3O2.C2H6/c1-14-5-4-11-9(13)7-2-3-8(10)12-6-7;1-2/h2-3,6H,4-5H2,1H3,(H2,10,12)(H,11,13);1-2H3. The van der Waals surface area contributed by atoms with Crippen LogP contribution in [0.25, 0.3) is 0 Å². The fraction of sp³-hybridized carbons (Fsp3) is 0.455. The van der Waals surface area contributed by atoms with Crippen LogP contribution in [0, 0.1) is 0 Å². The van der Waals surface area contributed by atoms with Gasteiger partial charge in [0.25, 0.3) is 5.91 Å². The SMILES string of the molecule is CC.COCCNC(=O)c1ccc(N)nc1. The monoisotopic (exact) mass is 225 g/mol. The van der Waals surface area contributed by atoms with Crippen molar-refractivity contribution in [1.82, 2.24) is 10.3 Å². The summed E-state index contributed by atoms with van der Waals surface area (Å²) in [5.74, 6) is 0.230. The Balaban J connectivity index is 0.00000106. The molecule has 0 unspecified atom stereocenters. The zero-order valence-electron chi connectivity index (χ0n) is 9.99. The number of carbonyl (C=O) groups excluding carboxylic acids is 1. The molecule has 1 rings (SSSR count). The lowest BCUT2D eigenvalue weighted by Crippen LogP contribution is -2.26. The summed E-state index contributed by atoms with van der Waals surface area (Å²) in [4.78, 5) is 15.2. The van der Waals surface area contributed by atoms with Crippen molar-refractivity contribution >= 4 is 11.7 Å². The lowest BCUT2D eigenvalue weighted by molar-refractivity contribution is 0.0937. The van der Waals surface area contributed by atoms with Crippen molar-refractivity contribution in [2.24, 2.45) is 0 Å². The van der Waals surface area contributed by atoms with E-state index >= 15 is 0 Å². The summed E-state index contributed by atoms with van der Waals surface area (Å²) in [6.07, 6.45) is 1.44. The first-order chi connectivity index (χ1) is 7.74. The molecule has 0 fully saturated rings. The molecule has 90 valence electrons. The van der Waals surface area contributed by atoms with Crippen molar-refractivity contribution < 1.29 is 9.53 Å². The summed E-state index contributed by atoms with van der Waals surface area (Å²) in [5.41, 5.74) is 5.88. The number of aromatic nitrogens is 1. The normalized spacial score (nSPS) is 8.94. The van der Waals surface area contributed by atoms with Gasteiger partial charge in [0.2, 0.25) is 0 Å². The fourth-order valence-electron chi connectivity index (χ4n) is 0.908. The quantitative estimate of drug-likeness (QED) is 0.751. The van der Waals surface area contributed by atoms with Crippen LogP contribution in [-0.4, -0.2) is 31.2 Å². The fourth-order valence-corrected chi connectivity index (χ4v) is 0.908. The Labute approximate surface area is 96.0 Å². The van der Waals surface area contributed by atoms with Crippen LogP contribution in [-0.2, 0) is 4.74 Å². The first-order valence-electron chi connectivity index (χ1n) is 5.22. The van der Waals surface area contributed by atoms with E-state index in [2.05, 4.69) is 10.3 Å². The van der Waals surface area contributed by atoms with Gasteiger partial charge >= 0.3 is 0 Å². The summed E-state index contributed by atoms with van der Waals surface area (Å²) in [6.45, 7) is 4.98. The van der Waals surface area contributed by atoms with E-state index in [1.54, 1.807) is 19.2 Å². The molecule has 16 heavy (non-hydrogen) atoms. The molecule has 1 amide bonds. The van der Waals surface area contributed by atoms with Gasteiger partial charge in [0.1, 0.15) is 5.82 Å². The van der Waals surface area contributed by atoms with Crippen LogP contribution >= 0.6 is 0 Å². The maximum absolute atomic E-state index is 11.4.